The first-order chi connectivity index (χ1) is 5.54. The Morgan fingerprint density at radius 3 is 2.58 bits per heavy atom. The van der Waals surface area contributed by atoms with E-state index in [0.29, 0.717) is 5.57 Å². The summed E-state index contributed by atoms with van der Waals surface area (Å²) in [7, 11) is 0. The van der Waals surface area contributed by atoms with Gasteiger partial charge in [0.1, 0.15) is 6.61 Å². The van der Waals surface area contributed by atoms with Gasteiger partial charge in [-0.25, -0.2) is 4.79 Å². The molecule has 0 fully saturated rings. The molecule has 0 aromatic heterocycles. The van der Waals surface area contributed by atoms with Crippen LogP contribution in [-0.2, 0) is 9.53 Å². The fourth-order valence-corrected chi connectivity index (χ4v) is 0.454. The SMILES string of the molecule is C=C(C)C(=O)NCCOC(=O)O. The summed E-state index contributed by atoms with van der Waals surface area (Å²) in [6.07, 6.45) is -1.35. The number of nitrogens with one attached hydrogen (secondary N) is 1. The Hall–Kier alpha value is -1.52. The van der Waals surface area contributed by atoms with E-state index in [4.69, 9.17) is 5.11 Å². The molecule has 5 nitrogen and oxygen atoms in total. The summed E-state index contributed by atoms with van der Waals surface area (Å²) < 4.78 is 4.14. The van der Waals surface area contributed by atoms with Gasteiger partial charge in [-0.05, 0) is 6.92 Å². The molecule has 0 aliphatic carbocycles. The van der Waals surface area contributed by atoms with E-state index in [1.807, 2.05) is 0 Å². The maximum atomic E-state index is 10.8. The van der Waals surface area contributed by atoms with Crippen LogP contribution in [0.5, 0.6) is 0 Å². The molecule has 68 valence electrons. The Bertz CT molecular complexity index is 200. The van der Waals surface area contributed by atoms with Gasteiger partial charge in [-0.15, -0.1) is 0 Å². The van der Waals surface area contributed by atoms with Crippen LogP contribution in [0, 0.1) is 0 Å². The van der Waals surface area contributed by atoms with Crippen molar-refractivity contribution in [3.05, 3.63) is 12.2 Å². The second kappa shape index (κ2) is 5.17. The Labute approximate surface area is 70.0 Å². The molecule has 0 bridgehead atoms. The summed E-state index contributed by atoms with van der Waals surface area (Å²) in [6.45, 7) is 5.08. The van der Waals surface area contributed by atoms with E-state index in [0.717, 1.165) is 0 Å². The molecule has 0 aliphatic heterocycles. The van der Waals surface area contributed by atoms with Crippen molar-refractivity contribution in [2.24, 2.45) is 0 Å². The second-order valence-corrected chi connectivity index (χ2v) is 2.15. The monoisotopic (exact) mass is 173 g/mol. The maximum absolute atomic E-state index is 10.8. The molecule has 0 aromatic rings. The number of carbonyl (C=O) groups is 2. The van der Waals surface area contributed by atoms with Gasteiger partial charge in [0, 0.05) is 5.57 Å². The molecule has 0 aliphatic rings. The molecule has 5 heteroatoms. The van der Waals surface area contributed by atoms with Gasteiger partial charge in [0.2, 0.25) is 5.91 Å². The van der Waals surface area contributed by atoms with Crippen LogP contribution >= 0.6 is 0 Å². The number of hydrogen-bond donors (Lipinski definition) is 2. The van der Waals surface area contributed by atoms with E-state index in [-0.39, 0.29) is 19.1 Å². The molecule has 1 amide bonds. The zero-order valence-electron chi connectivity index (χ0n) is 6.79. The minimum atomic E-state index is -1.35. The Kier molecular flexibility index (Phi) is 4.52. The van der Waals surface area contributed by atoms with Gasteiger partial charge >= 0.3 is 6.16 Å². The van der Waals surface area contributed by atoms with Crippen LogP contribution in [0.3, 0.4) is 0 Å². The van der Waals surface area contributed by atoms with E-state index in [1.165, 1.54) is 0 Å². The Balaban J connectivity index is 3.38. The van der Waals surface area contributed by atoms with Gasteiger partial charge in [-0.1, -0.05) is 6.58 Å². The van der Waals surface area contributed by atoms with E-state index in [9.17, 15) is 9.59 Å². The van der Waals surface area contributed by atoms with Crippen LogP contribution in [0.15, 0.2) is 12.2 Å². The standard InChI is InChI=1S/C7H11NO4/c1-5(2)6(9)8-3-4-12-7(10)11/h1,3-4H2,2H3,(H,8,9)(H,10,11). The van der Waals surface area contributed by atoms with Crippen LogP contribution < -0.4 is 5.32 Å². The lowest BCUT2D eigenvalue weighted by molar-refractivity contribution is -0.117. The summed E-state index contributed by atoms with van der Waals surface area (Å²) in [5.41, 5.74) is 0.380. The van der Waals surface area contributed by atoms with Gasteiger partial charge in [0.15, 0.2) is 0 Å². The summed E-state index contributed by atoms with van der Waals surface area (Å²) >= 11 is 0. The minimum Gasteiger partial charge on any atom is -0.450 e. The normalized spacial score (nSPS) is 8.75. The molecule has 0 atom stereocenters. The van der Waals surface area contributed by atoms with Crippen molar-refractivity contribution in [1.29, 1.82) is 0 Å². The van der Waals surface area contributed by atoms with E-state index in [2.05, 4.69) is 16.6 Å². The Morgan fingerprint density at radius 1 is 1.58 bits per heavy atom. The van der Waals surface area contributed by atoms with Crippen molar-refractivity contribution >= 4 is 12.1 Å². The average molecular weight is 173 g/mol. The molecule has 0 saturated carbocycles. The van der Waals surface area contributed by atoms with Gasteiger partial charge in [0.25, 0.3) is 0 Å². The third-order valence-corrected chi connectivity index (χ3v) is 1.00. The Morgan fingerprint density at radius 2 is 2.17 bits per heavy atom. The first kappa shape index (κ1) is 10.5. The smallest absolute Gasteiger partial charge is 0.450 e. The van der Waals surface area contributed by atoms with Gasteiger partial charge in [0.05, 0.1) is 6.54 Å². The van der Waals surface area contributed by atoms with Crippen LogP contribution in [0.2, 0.25) is 0 Å². The molecule has 0 rings (SSSR count). The lowest BCUT2D eigenvalue weighted by Crippen LogP contribution is -2.28. The number of rotatable bonds is 4. The fourth-order valence-electron chi connectivity index (χ4n) is 0.454. The third kappa shape index (κ3) is 5.28. The predicted octanol–water partition coefficient (Wildman–Crippen LogP) is 0.373. The highest BCUT2D eigenvalue weighted by Crippen LogP contribution is 1.84. The predicted molar refractivity (Wildman–Crippen MR) is 41.8 cm³/mol. The molecular formula is C7H11NO4. The molecule has 0 saturated heterocycles. The summed E-state index contributed by atoms with van der Waals surface area (Å²) in [6, 6.07) is 0. The molecule has 12 heavy (non-hydrogen) atoms. The van der Waals surface area contributed by atoms with E-state index in [1.54, 1.807) is 6.92 Å². The lowest BCUT2D eigenvalue weighted by atomic mass is 10.3. The number of hydrogen-bond acceptors (Lipinski definition) is 3. The molecule has 0 unspecified atom stereocenters. The lowest BCUT2D eigenvalue weighted by Gasteiger charge is -2.03. The van der Waals surface area contributed by atoms with Crippen LogP contribution in [-0.4, -0.2) is 30.3 Å². The summed E-state index contributed by atoms with van der Waals surface area (Å²) in [5.74, 6) is -0.302. The topological polar surface area (TPSA) is 75.6 Å². The fraction of sp³-hybridized carbons (Fsp3) is 0.429. The van der Waals surface area contributed by atoms with Gasteiger partial charge in [-0.2, -0.15) is 0 Å². The molecule has 0 aromatic carbocycles. The molecule has 2 N–H and O–H groups in total. The maximum Gasteiger partial charge on any atom is 0.505 e. The number of ether oxygens (including phenoxy) is 1. The van der Waals surface area contributed by atoms with Crippen molar-refractivity contribution in [2.45, 2.75) is 6.92 Å². The first-order valence-corrected chi connectivity index (χ1v) is 3.33. The van der Waals surface area contributed by atoms with Crippen LogP contribution in [0.25, 0.3) is 0 Å². The number of carbonyl (C=O) groups excluding carboxylic acids is 1. The summed E-state index contributed by atoms with van der Waals surface area (Å²) in [5, 5.41) is 10.4. The highest BCUT2D eigenvalue weighted by Gasteiger charge is 2.00. The molecule has 0 spiro atoms. The highest BCUT2D eigenvalue weighted by atomic mass is 16.7. The number of carboxylic acid groups (broad SMARTS) is 1. The van der Waals surface area contributed by atoms with Crippen molar-refractivity contribution in [1.82, 2.24) is 5.32 Å². The van der Waals surface area contributed by atoms with Gasteiger partial charge < -0.3 is 15.2 Å². The van der Waals surface area contributed by atoms with Crippen molar-refractivity contribution in [3.63, 3.8) is 0 Å². The van der Waals surface area contributed by atoms with E-state index >= 15 is 0 Å². The number of amides is 1. The quantitative estimate of drug-likeness (QED) is 0.366. The zero-order valence-corrected chi connectivity index (χ0v) is 6.79. The van der Waals surface area contributed by atoms with Crippen molar-refractivity contribution < 1.29 is 19.4 Å². The molecule has 0 radical (unpaired) electrons. The molecule has 0 heterocycles. The zero-order chi connectivity index (χ0) is 9.56. The van der Waals surface area contributed by atoms with E-state index < -0.39 is 6.16 Å². The molecular weight excluding hydrogens is 162 g/mol. The van der Waals surface area contributed by atoms with Crippen LogP contribution in [0.4, 0.5) is 4.79 Å². The second-order valence-electron chi connectivity index (χ2n) is 2.15. The van der Waals surface area contributed by atoms with Crippen molar-refractivity contribution in [2.75, 3.05) is 13.2 Å². The van der Waals surface area contributed by atoms with Crippen molar-refractivity contribution in [3.8, 4) is 0 Å². The first-order valence-electron chi connectivity index (χ1n) is 3.33. The average Bonchev–Trinajstić information content (AvgIpc) is 1.97. The minimum absolute atomic E-state index is 0.0473. The van der Waals surface area contributed by atoms with Crippen LogP contribution in [0.1, 0.15) is 6.92 Å². The summed E-state index contributed by atoms with van der Waals surface area (Å²) in [4.78, 5) is 20.6. The largest absolute Gasteiger partial charge is 0.505 e. The highest BCUT2D eigenvalue weighted by molar-refractivity contribution is 5.92. The van der Waals surface area contributed by atoms with Gasteiger partial charge in [-0.3, -0.25) is 4.79 Å². The third-order valence-electron chi connectivity index (χ3n) is 1.00.